The molecular weight excluding hydrogens is 403 g/mol. The molecule has 0 radical (unpaired) electrons. The van der Waals surface area contributed by atoms with Gasteiger partial charge in [0.05, 0.1) is 11.4 Å². The molecule has 0 bridgehead atoms. The number of hydrogen-bond acceptors (Lipinski definition) is 6. The molecule has 0 atom stereocenters. The second-order valence-electron chi connectivity index (χ2n) is 5.68. The molecule has 0 unspecified atom stereocenters. The highest BCUT2D eigenvalue weighted by Gasteiger charge is 2.15. The Morgan fingerprint density at radius 1 is 1.18 bits per heavy atom. The van der Waals surface area contributed by atoms with Crippen molar-refractivity contribution >= 4 is 46.1 Å². The maximum atomic E-state index is 12.9. The summed E-state index contributed by atoms with van der Waals surface area (Å²) in [6.07, 6.45) is 1.40. The molecule has 2 aromatic carbocycles. The van der Waals surface area contributed by atoms with Crippen LogP contribution in [-0.4, -0.2) is 36.6 Å². The molecule has 0 aliphatic carbocycles. The Morgan fingerprint density at radius 3 is 2.79 bits per heavy atom. The van der Waals surface area contributed by atoms with Crippen molar-refractivity contribution in [1.29, 1.82) is 0 Å². The maximum absolute atomic E-state index is 12.9. The van der Waals surface area contributed by atoms with Crippen LogP contribution in [0.5, 0.6) is 0 Å². The highest BCUT2D eigenvalue weighted by molar-refractivity contribution is 8.00. The Bertz CT molecular complexity index is 1150. The first-order valence-electron chi connectivity index (χ1n) is 8.11. The molecular formula is C18H12ClFN6OS. The van der Waals surface area contributed by atoms with E-state index >= 15 is 0 Å². The molecule has 2 heterocycles. The van der Waals surface area contributed by atoms with Gasteiger partial charge in [0.1, 0.15) is 17.2 Å². The number of halogens is 2. The second-order valence-corrected chi connectivity index (χ2v) is 7.08. The van der Waals surface area contributed by atoms with Crippen LogP contribution < -0.4 is 5.32 Å². The van der Waals surface area contributed by atoms with E-state index in [0.717, 1.165) is 5.69 Å². The molecule has 0 saturated heterocycles. The summed E-state index contributed by atoms with van der Waals surface area (Å²) < 4.78 is 14.5. The van der Waals surface area contributed by atoms with Crippen molar-refractivity contribution in [2.24, 2.45) is 0 Å². The van der Waals surface area contributed by atoms with Gasteiger partial charge in [-0.15, -0.1) is 5.10 Å². The van der Waals surface area contributed by atoms with Gasteiger partial charge in [-0.05, 0) is 42.5 Å². The van der Waals surface area contributed by atoms with Gasteiger partial charge in [0.15, 0.2) is 11.2 Å². The standard InChI is InChI=1S/C18H12ClFN6OS/c19-11-2-1-3-14(8-11)26-17-16(24-25-26)18(22-10-21-17)28-9-15(27)23-13-6-4-12(20)5-7-13/h1-8,10H,9H2,(H,23,27). The van der Waals surface area contributed by atoms with E-state index < -0.39 is 0 Å². The molecule has 140 valence electrons. The van der Waals surface area contributed by atoms with E-state index in [0.29, 0.717) is 26.9 Å². The minimum Gasteiger partial charge on any atom is -0.325 e. The lowest BCUT2D eigenvalue weighted by Gasteiger charge is -2.05. The number of fused-ring (bicyclic) bond motifs is 1. The largest absolute Gasteiger partial charge is 0.325 e. The minimum atomic E-state index is -0.362. The highest BCUT2D eigenvalue weighted by atomic mass is 35.5. The lowest BCUT2D eigenvalue weighted by atomic mass is 10.3. The summed E-state index contributed by atoms with van der Waals surface area (Å²) in [4.78, 5) is 20.6. The number of benzene rings is 2. The second kappa shape index (κ2) is 7.91. The number of carbonyl (C=O) groups excluding carboxylic acids is 1. The van der Waals surface area contributed by atoms with Crippen LogP contribution in [0.3, 0.4) is 0 Å². The van der Waals surface area contributed by atoms with Crippen molar-refractivity contribution in [3.8, 4) is 5.69 Å². The number of aromatic nitrogens is 5. The molecule has 1 N–H and O–H groups in total. The van der Waals surface area contributed by atoms with E-state index in [1.54, 1.807) is 16.8 Å². The molecule has 0 aliphatic rings. The van der Waals surface area contributed by atoms with Crippen LogP contribution >= 0.6 is 23.4 Å². The third-order valence-electron chi connectivity index (χ3n) is 3.72. The van der Waals surface area contributed by atoms with E-state index in [1.165, 1.54) is 42.4 Å². The lowest BCUT2D eigenvalue weighted by Crippen LogP contribution is -2.14. The van der Waals surface area contributed by atoms with Crippen molar-refractivity contribution in [3.63, 3.8) is 0 Å². The SMILES string of the molecule is O=C(CSc1ncnc2c1nnn2-c1cccc(Cl)c1)Nc1ccc(F)cc1. The molecule has 4 aromatic rings. The van der Waals surface area contributed by atoms with Crippen molar-refractivity contribution in [2.75, 3.05) is 11.1 Å². The number of nitrogens with zero attached hydrogens (tertiary/aromatic N) is 5. The van der Waals surface area contributed by atoms with E-state index in [2.05, 4.69) is 25.6 Å². The monoisotopic (exact) mass is 414 g/mol. The Labute approximate surface area is 167 Å². The van der Waals surface area contributed by atoms with Gasteiger partial charge in [0.25, 0.3) is 0 Å². The van der Waals surface area contributed by atoms with E-state index in [9.17, 15) is 9.18 Å². The molecule has 10 heteroatoms. The zero-order valence-electron chi connectivity index (χ0n) is 14.2. The fourth-order valence-electron chi connectivity index (χ4n) is 2.48. The summed E-state index contributed by atoms with van der Waals surface area (Å²) in [5.74, 6) is -0.503. The number of hydrogen-bond donors (Lipinski definition) is 1. The van der Waals surface area contributed by atoms with E-state index in [-0.39, 0.29) is 17.5 Å². The lowest BCUT2D eigenvalue weighted by molar-refractivity contribution is -0.113. The minimum absolute atomic E-state index is 0.105. The number of amides is 1. The van der Waals surface area contributed by atoms with Crippen LogP contribution in [0, 0.1) is 5.82 Å². The van der Waals surface area contributed by atoms with E-state index in [4.69, 9.17) is 11.6 Å². The summed E-state index contributed by atoms with van der Waals surface area (Å²) in [6.45, 7) is 0. The fraction of sp³-hybridized carbons (Fsp3) is 0.0556. The molecule has 2 aromatic heterocycles. The number of rotatable bonds is 5. The van der Waals surface area contributed by atoms with Crippen molar-refractivity contribution in [2.45, 2.75) is 5.03 Å². The average Bonchev–Trinajstić information content (AvgIpc) is 3.13. The van der Waals surface area contributed by atoms with Crippen molar-refractivity contribution in [1.82, 2.24) is 25.0 Å². The number of thioether (sulfide) groups is 1. The normalized spacial score (nSPS) is 10.9. The van der Waals surface area contributed by atoms with Crippen LogP contribution in [0.1, 0.15) is 0 Å². The molecule has 0 spiro atoms. The molecule has 4 rings (SSSR count). The van der Waals surface area contributed by atoms with Gasteiger partial charge in [0, 0.05) is 10.7 Å². The van der Waals surface area contributed by atoms with Crippen LogP contribution in [0.2, 0.25) is 5.02 Å². The van der Waals surface area contributed by atoms with Crippen LogP contribution in [-0.2, 0) is 4.79 Å². The van der Waals surface area contributed by atoms with Crippen molar-refractivity contribution in [3.05, 3.63) is 65.7 Å². The first-order chi connectivity index (χ1) is 13.6. The van der Waals surface area contributed by atoms with Gasteiger partial charge in [-0.25, -0.2) is 14.4 Å². The number of carbonyl (C=O) groups is 1. The zero-order chi connectivity index (χ0) is 19.5. The maximum Gasteiger partial charge on any atom is 0.234 e. The Balaban J connectivity index is 1.51. The predicted octanol–water partition coefficient (Wildman–Crippen LogP) is 3.73. The van der Waals surface area contributed by atoms with Crippen LogP contribution in [0.25, 0.3) is 16.9 Å². The van der Waals surface area contributed by atoms with E-state index in [1.807, 2.05) is 12.1 Å². The molecule has 0 saturated carbocycles. The third-order valence-corrected chi connectivity index (χ3v) is 4.94. The Kier molecular flexibility index (Phi) is 5.18. The quantitative estimate of drug-likeness (QED) is 0.395. The first kappa shape index (κ1) is 18.3. The number of anilines is 1. The first-order valence-corrected chi connectivity index (χ1v) is 9.47. The zero-order valence-corrected chi connectivity index (χ0v) is 15.8. The van der Waals surface area contributed by atoms with Crippen molar-refractivity contribution < 1.29 is 9.18 Å². The predicted molar refractivity (Wildman–Crippen MR) is 105 cm³/mol. The summed E-state index contributed by atoms with van der Waals surface area (Å²) in [6, 6.07) is 12.7. The topological polar surface area (TPSA) is 85.6 Å². The summed E-state index contributed by atoms with van der Waals surface area (Å²) in [5, 5.41) is 12.1. The van der Waals surface area contributed by atoms with Gasteiger partial charge in [0.2, 0.25) is 5.91 Å². The molecule has 1 amide bonds. The molecule has 0 fully saturated rings. The smallest absolute Gasteiger partial charge is 0.234 e. The van der Waals surface area contributed by atoms with Crippen LogP contribution in [0.4, 0.5) is 10.1 Å². The Morgan fingerprint density at radius 2 is 2.00 bits per heavy atom. The third kappa shape index (κ3) is 3.95. The summed E-state index contributed by atoms with van der Waals surface area (Å²) in [5.41, 5.74) is 2.24. The van der Waals surface area contributed by atoms with Gasteiger partial charge >= 0.3 is 0 Å². The highest BCUT2D eigenvalue weighted by Crippen LogP contribution is 2.25. The molecule has 28 heavy (non-hydrogen) atoms. The van der Waals surface area contributed by atoms with Gasteiger partial charge in [-0.2, -0.15) is 4.68 Å². The average molecular weight is 415 g/mol. The Hall–Kier alpha value is -3.04. The molecule has 0 aliphatic heterocycles. The summed E-state index contributed by atoms with van der Waals surface area (Å²) in [7, 11) is 0. The van der Waals surface area contributed by atoms with Gasteiger partial charge in [-0.3, -0.25) is 4.79 Å². The summed E-state index contributed by atoms with van der Waals surface area (Å²) >= 11 is 7.25. The van der Waals surface area contributed by atoms with Gasteiger partial charge < -0.3 is 5.32 Å². The fourth-order valence-corrected chi connectivity index (χ4v) is 3.39. The molecule has 7 nitrogen and oxygen atoms in total. The number of nitrogens with one attached hydrogen (secondary N) is 1. The van der Waals surface area contributed by atoms with Crippen LogP contribution in [0.15, 0.2) is 59.9 Å². The van der Waals surface area contributed by atoms with Gasteiger partial charge in [-0.1, -0.05) is 34.6 Å².